The van der Waals surface area contributed by atoms with Crippen LogP contribution >= 0.6 is 0 Å². The van der Waals surface area contributed by atoms with Gasteiger partial charge in [-0.3, -0.25) is 4.79 Å². The van der Waals surface area contributed by atoms with Crippen LogP contribution in [0.2, 0.25) is 0 Å². The van der Waals surface area contributed by atoms with Gasteiger partial charge in [0, 0.05) is 29.9 Å². The number of nitrogens with zero attached hydrogens (tertiary/aromatic N) is 1. The number of rotatable bonds is 6. The smallest absolute Gasteiger partial charge is 0.400 e. The molecule has 0 fully saturated rings. The van der Waals surface area contributed by atoms with E-state index in [-0.39, 0.29) is 17.1 Å². The number of hydrogen-bond acceptors (Lipinski definition) is 3. The lowest BCUT2D eigenvalue weighted by molar-refractivity contribution is -0.622. The molecule has 6 heteroatoms. The minimum absolute atomic E-state index is 0.132. The summed E-state index contributed by atoms with van der Waals surface area (Å²) in [7, 11) is 1.45. The van der Waals surface area contributed by atoms with Gasteiger partial charge in [-0.15, -0.1) is 4.73 Å². The topological polar surface area (TPSA) is 84.8 Å². The number of H-pyrrole nitrogens is 2. The second kappa shape index (κ2) is 7.60. The number of fused-ring (bicyclic) bond motifs is 1. The van der Waals surface area contributed by atoms with Gasteiger partial charge in [-0.1, -0.05) is 48.5 Å². The van der Waals surface area contributed by atoms with Crippen LogP contribution in [0.5, 0.6) is 5.88 Å². The van der Waals surface area contributed by atoms with E-state index < -0.39 is 0 Å². The quantitative estimate of drug-likeness (QED) is 0.401. The van der Waals surface area contributed by atoms with Crippen LogP contribution in [0.25, 0.3) is 10.9 Å². The lowest BCUT2D eigenvalue weighted by Crippen LogP contribution is -2.42. The number of hydrogen-bond donors (Lipinski definition) is 2. The Labute approximate surface area is 162 Å². The molecule has 0 unspecified atom stereocenters. The maximum atomic E-state index is 12.8. The van der Waals surface area contributed by atoms with E-state index in [9.17, 15) is 10.0 Å². The van der Waals surface area contributed by atoms with Crippen LogP contribution in [-0.2, 0) is 19.3 Å². The first-order valence-corrected chi connectivity index (χ1v) is 9.18. The summed E-state index contributed by atoms with van der Waals surface area (Å²) in [5.74, 6) is 0.132. The zero-order valence-electron chi connectivity index (χ0n) is 15.6. The van der Waals surface area contributed by atoms with Gasteiger partial charge in [0.15, 0.2) is 0 Å². The predicted molar refractivity (Wildman–Crippen MR) is 108 cm³/mol. The summed E-state index contributed by atoms with van der Waals surface area (Å²) in [6.45, 7) is 0. The van der Waals surface area contributed by atoms with E-state index in [2.05, 4.69) is 9.97 Å². The predicted octanol–water partition coefficient (Wildman–Crippen LogP) is 2.87. The Morgan fingerprint density at radius 2 is 1.79 bits per heavy atom. The molecule has 0 saturated heterocycles. The number of aromatic amines is 2. The van der Waals surface area contributed by atoms with Gasteiger partial charge < -0.3 is 19.9 Å². The number of ether oxygens (including phenoxy) is 1. The third-order valence-corrected chi connectivity index (χ3v) is 4.94. The van der Waals surface area contributed by atoms with Crippen molar-refractivity contribution in [2.45, 2.75) is 19.3 Å². The Bertz CT molecular complexity index is 1160. The molecule has 2 aromatic carbocycles. The molecule has 6 nitrogen and oxygen atoms in total. The first-order chi connectivity index (χ1) is 13.7. The third kappa shape index (κ3) is 3.36. The second-order valence-corrected chi connectivity index (χ2v) is 6.70. The van der Waals surface area contributed by atoms with Gasteiger partial charge in [0.1, 0.15) is 5.69 Å². The van der Waals surface area contributed by atoms with Gasteiger partial charge >= 0.3 is 11.4 Å². The molecular weight excluding hydrogens is 354 g/mol. The molecule has 0 bridgehead atoms. The highest BCUT2D eigenvalue weighted by atomic mass is 16.5. The summed E-state index contributed by atoms with van der Waals surface area (Å²) in [4.78, 5) is 18.7. The highest BCUT2D eigenvalue weighted by Gasteiger charge is 2.23. The largest absolute Gasteiger partial charge is 0.616 e. The van der Waals surface area contributed by atoms with Crippen molar-refractivity contribution >= 4 is 10.9 Å². The van der Waals surface area contributed by atoms with Crippen LogP contribution in [0.4, 0.5) is 0 Å². The Balaban J connectivity index is 1.66. The molecule has 0 saturated carbocycles. The van der Waals surface area contributed by atoms with Crippen LogP contribution < -0.4 is 15.0 Å². The van der Waals surface area contributed by atoms with Crippen molar-refractivity contribution in [2.24, 2.45) is 0 Å². The van der Waals surface area contributed by atoms with Crippen LogP contribution in [0.1, 0.15) is 22.5 Å². The molecule has 4 aromatic rings. The zero-order valence-corrected chi connectivity index (χ0v) is 15.6. The summed E-state index contributed by atoms with van der Waals surface area (Å²) >= 11 is 0. The van der Waals surface area contributed by atoms with E-state index in [1.54, 1.807) is 0 Å². The number of nitrogens with one attached hydrogen (secondary N) is 2. The van der Waals surface area contributed by atoms with Crippen LogP contribution in [0, 0.1) is 5.21 Å². The van der Waals surface area contributed by atoms with Crippen molar-refractivity contribution in [1.82, 2.24) is 9.97 Å². The van der Waals surface area contributed by atoms with Crippen molar-refractivity contribution in [3.05, 3.63) is 98.9 Å². The monoisotopic (exact) mass is 375 g/mol. The van der Waals surface area contributed by atoms with Gasteiger partial charge in [0.25, 0.3) is 5.69 Å². The van der Waals surface area contributed by atoms with Gasteiger partial charge in [-0.2, -0.15) is 0 Å². The molecular formula is C22H21N3O3. The van der Waals surface area contributed by atoms with Crippen LogP contribution in [0.3, 0.4) is 0 Å². The Kier molecular flexibility index (Phi) is 4.85. The van der Waals surface area contributed by atoms with Crippen LogP contribution in [-0.4, -0.2) is 17.1 Å². The van der Waals surface area contributed by atoms with Crippen LogP contribution in [0.15, 0.2) is 65.6 Å². The van der Waals surface area contributed by atoms with E-state index >= 15 is 0 Å². The molecule has 2 aromatic heterocycles. The SMILES string of the molecule is COc1c(Cc2c[nH]c3ccccc23)[nH]c(=O)c(CCc2ccccc2)[n+]1[O-]. The van der Waals surface area contributed by atoms with Crippen molar-refractivity contribution in [2.75, 3.05) is 7.11 Å². The Hall–Kier alpha value is -3.54. The molecule has 4 rings (SSSR count). The first-order valence-electron chi connectivity index (χ1n) is 9.18. The molecule has 0 radical (unpaired) electrons. The maximum Gasteiger partial charge on any atom is 0.400 e. The number of aryl methyl sites for hydroxylation is 1. The van der Waals surface area contributed by atoms with Gasteiger partial charge in [0.05, 0.1) is 7.11 Å². The first kappa shape index (κ1) is 17.9. The van der Waals surface area contributed by atoms with Gasteiger partial charge in [-0.05, 0) is 23.6 Å². The molecule has 28 heavy (non-hydrogen) atoms. The summed E-state index contributed by atoms with van der Waals surface area (Å²) in [5, 5.41) is 13.9. The van der Waals surface area contributed by atoms with Crippen molar-refractivity contribution in [3.8, 4) is 5.88 Å². The highest BCUT2D eigenvalue weighted by Crippen LogP contribution is 2.22. The fourth-order valence-corrected chi connectivity index (χ4v) is 3.52. The summed E-state index contributed by atoms with van der Waals surface area (Å²) in [6.07, 6.45) is 3.23. The van der Waals surface area contributed by atoms with Gasteiger partial charge in [-0.25, -0.2) is 0 Å². The molecule has 0 aliphatic heterocycles. The average Bonchev–Trinajstić information content (AvgIpc) is 3.12. The van der Waals surface area contributed by atoms with E-state index in [0.717, 1.165) is 22.0 Å². The molecule has 0 atom stereocenters. The van der Waals surface area contributed by atoms with E-state index in [0.29, 0.717) is 29.7 Å². The lowest BCUT2D eigenvalue weighted by atomic mass is 10.1. The zero-order chi connectivity index (χ0) is 19.5. The lowest BCUT2D eigenvalue weighted by Gasteiger charge is -2.11. The summed E-state index contributed by atoms with van der Waals surface area (Å²) < 4.78 is 5.99. The van der Waals surface area contributed by atoms with E-state index in [1.165, 1.54) is 7.11 Å². The third-order valence-electron chi connectivity index (χ3n) is 4.94. The average molecular weight is 375 g/mol. The van der Waals surface area contributed by atoms with Gasteiger partial charge in [0.2, 0.25) is 0 Å². The fourth-order valence-electron chi connectivity index (χ4n) is 3.52. The molecule has 142 valence electrons. The molecule has 2 heterocycles. The number of para-hydroxylation sites is 1. The van der Waals surface area contributed by atoms with Crippen molar-refractivity contribution < 1.29 is 9.47 Å². The maximum absolute atomic E-state index is 12.8. The minimum Gasteiger partial charge on any atom is -0.616 e. The molecule has 0 amide bonds. The summed E-state index contributed by atoms with van der Waals surface area (Å²) in [6, 6.07) is 17.7. The summed E-state index contributed by atoms with van der Waals surface area (Å²) in [5.41, 5.74) is 3.32. The standard InChI is InChI=1S/C22H21N3O3/c1-28-22-19(13-16-14-23-18-10-6-5-9-17(16)18)24-21(26)20(25(22)27)12-11-15-7-3-2-4-8-15/h2-10,14,23H,11-13H2,1H3,(H,24,26). The number of methoxy groups -OCH3 is 1. The normalized spacial score (nSPS) is 11.0. The van der Waals surface area contributed by atoms with E-state index in [4.69, 9.17) is 4.74 Å². The van der Waals surface area contributed by atoms with E-state index in [1.807, 2.05) is 60.8 Å². The fraction of sp³-hybridized carbons (Fsp3) is 0.182. The van der Waals surface area contributed by atoms with Crippen molar-refractivity contribution in [1.29, 1.82) is 0 Å². The minimum atomic E-state index is -0.374. The highest BCUT2D eigenvalue weighted by molar-refractivity contribution is 5.83. The molecule has 0 aliphatic carbocycles. The number of aromatic nitrogens is 3. The molecule has 0 aliphatic rings. The van der Waals surface area contributed by atoms with Crippen molar-refractivity contribution in [3.63, 3.8) is 0 Å². The Morgan fingerprint density at radius 1 is 1.04 bits per heavy atom. The second-order valence-electron chi connectivity index (χ2n) is 6.70. The number of benzene rings is 2. The Morgan fingerprint density at radius 3 is 2.57 bits per heavy atom. The molecule has 0 spiro atoms. The molecule has 2 N–H and O–H groups in total.